The van der Waals surface area contributed by atoms with E-state index in [0.29, 0.717) is 12.4 Å². The molecule has 18 heavy (non-hydrogen) atoms. The van der Waals surface area contributed by atoms with E-state index < -0.39 is 12.7 Å². The molecule has 1 aromatic rings. The summed E-state index contributed by atoms with van der Waals surface area (Å²) in [6.45, 7) is 3.19. The molecular formula is C10H16F3N5. The summed E-state index contributed by atoms with van der Waals surface area (Å²) in [5.41, 5.74) is 5.48. The average Bonchev–Trinajstić information content (AvgIpc) is 2.24. The van der Waals surface area contributed by atoms with Crippen LogP contribution in [-0.2, 0) is 0 Å². The minimum Gasteiger partial charge on any atom is -0.370 e. The zero-order valence-electron chi connectivity index (χ0n) is 10.3. The number of nitrogens with zero attached hydrogens (tertiary/aromatic N) is 3. The van der Waals surface area contributed by atoms with Crippen LogP contribution in [0.25, 0.3) is 0 Å². The molecule has 0 amide bonds. The van der Waals surface area contributed by atoms with Crippen LogP contribution < -0.4 is 16.0 Å². The van der Waals surface area contributed by atoms with Crippen molar-refractivity contribution in [2.24, 2.45) is 0 Å². The van der Waals surface area contributed by atoms with Gasteiger partial charge in [-0.2, -0.15) is 23.1 Å². The van der Waals surface area contributed by atoms with E-state index >= 15 is 0 Å². The highest BCUT2D eigenvalue weighted by atomic mass is 19.4. The standard InChI is InChI=1S/C10H16F3N5/c1-3-15-7-5-8(17-9(14)16-7)18(4-2)6-10(11,12)13/h5H,3-4,6H2,1-2H3,(H3,14,15,16,17). The molecule has 0 radical (unpaired) electrons. The number of nitrogens with one attached hydrogen (secondary N) is 1. The fourth-order valence-electron chi connectivity index (χ4n) is 1.46. The van der Waals surface area contributed by atoms with Crippen molar-refractivity contribution in [1.82, 2.24) is 9.97 Å². The molecule has 1 rings (SSSR count). The third-order valence-electron chi connectivity index (χ3n) is 2.16. The van der Waals surface area contributed by atoms with E-state index in [-0.39, 0.29) is 18.3 Å². The van der Waals surface area contributed by atoms with Gasteiger partial charge in [-0.05, 0) is 13.8 Å². The fourth-order valence-corrected chi connectivity index (χ4v) is 1.46. The zero-order valence-corrected chi connectivity index (χ0v) is 10.3. The number of alkyl halides is 3. The molecule has 1 aromatic heterocycles. The maximum absolute atomic E-state index is 12.4. The first-order chi connectivity index (χ1) is 8.35. The number of hydrogen-bond donors (Lipinski definition) is 2. The second kappa shape index (κ2) is 5.74. The Bertz CT molecular complexity index is 394. The van der Waals surface area contributed by atoms with Crippen molar-refractivity contribution >= 4 is 17.6 Å². The molecule has 0 atom stereocenters. The van der Waals surface area contributed by atoms with E-state index in [1.807, 2.05) is 6.92 Å². The first kappa shape index (κ1) is 14.3. The fraction of sp³-hybridized carbons (Fsp3) is 0.600. The lowest BCUT2D eigenvalue weighted by Crippen LogP contribution is -2.34. The summed E-state index contributed by atoms with van der Waals surface area (Å²) in [4.78, 5) is 8.80. The van der Waals surface area contributed by atoms with Crippen LogP contribution in [0.2, 0.25) is 0 Å². The lowest BCUT2D eigenvalue weighted by molar-refractivity contribution is -0.119. The van der Waals surface area contributed by atoms with E-state index in [2.05, 4.69) is 15.3 Å². The van der Waals surface area contributed by atoms with Crippen LogP contribution in [0.4, 0.5) is 30.8 Å². The molecule has 5 nitrogen and oxygen atoms in total. The van der Waals surface area contributed by atoms with Gasteiger partial charge in [0.2, 0.25) is 5.95 Å². The molecule has 0 aliphatic carbocycles. The quantitative estimate of drug-likeness (QED) is 0.849. The van der Waals surface area contributed by atoms with Crippen LogP contribution in [0, 0.1) is 0 Å². The highest BCUT2D eigenvalue weighted by molar-refractivity contribution is 5.52. The second-order valence-corrected chi connectivity index (χ2v) is 3.63. The number of nitrogen functional groups attached to an aromatic ring is 1. The largest absolute Gasteiger partial charge is 0.405 e. The lowest BCUT2D eigenvalue weighted by Gasteiger charge is -2.23. The van der Waals surface area contributed by atoms with Crippen LogP contribution in [0.3, 0.4) is 0 Å². The monoisotopic (exact) mass is 263 g/mol. The Kier molecular flexibility index (Phi) is 4.57. The molecule has 0 unspecified atom stereocenters. The Morgan fingerprint density at radius 1 is 1.33 bits per heavy atom. The van der Waals surface area contributed by atoms with Crippen LogP contribution in [0.15, 0.2) is 6.07 Å². The summed E-state index contributed by atoms with van der Waals surface area (Å²) >= 11 is 0. The van der Waals surface area contributed by atoms with Crippen molar-refractivity contribution in [2.45, 2.75) is 20.0 Å². The van der Waals surface area contributed by atoms with Gasteiger partial charge in [-0.1, -0.05) is 0 Å². The lowest BCUT2D eigenvalue weighted by atomic mass is 10.4. The molecule has 0 aliphatic rings. The predicted octanol–water partition coefficient (Wildman–Crippen LogP) is 1.88. The molecule has 102 valence electrons. The summed E-state index contributed by atoms with van der Waals surface area (Å²) in [6.07, 6.45) is -4.28. The van der Waals surface area contributed by atoms with Gasteiger partial charge in [0.05, 0.1) is 0 Å². The van der Waals surface area contributed by atoms with Crippen LogP contribution >= 0.6 is 0 Å². The Hall–Kier alpha value is -1.73. The van der Waals surface area contributed by atoms with Crippen LogP contribution in [0.1, 0.15) is 13.8 Å². The topological polar surface area (TPSA) is 67.1 Å². The second-order valence-electron chi connectivity index (χ2n) is 3.63. The maximum atomic E-state index is 12.4. The number of anilines is 3. The average molecular weight is 263 g/mol. The molecule has 0 fully saturated rings. The number of nitrogens with two attached hydrogens (primary N) is 1. The first-order valence-corrected chi connectivity index (χ1v) is 5.55. The molecule has 0 saturated carbocycles. The van der Waals surface area contributed by atoms with Crippen molar-refractivity contribution in [2.75, 3.05) is 35.6 Å². The number of halogens is 3. The van der Waals surface area contributed by atoms with Gasteiger partial charge in [-0.3, -0.25) is 0 Å². The zero-order chi connectivity index (χ0) is 13.8. The van der Waals surface area contributed by atoms with Gasteiger partial charge in [0.1, 0.15) is 18.2 Å². The van der Waals surface area contributed by atoms with Gasteiger partial charge in [-0.25, -0.2) is 0 Å². The molecular weight excluding hydrogens is 247 g/mol. The highest BCUT2D eigenvalue weighted by Crippen LogP contribution is 2.22. The van der Waals surface area contributed by atoms with Gasteiger partial charge in [0, 0.05) is 19.2 Å². The van der Waals surface area contributed by atoms with Crippen molar-refractivity contribution in [1.29, 1.82) is 0 Å². The Morgan fingerprint density at radius 2 is 2.00 bits per heavy atom. The van der Waals surface area contributed by atoms with Crippen molar-refractivity contribution in [3.8, 4) is 0 Å². The van der Waals surface area contributed by atoms with E-state index in [1.54, 1.807) is 6.92 Å². The van der Waals surface area contributed by atoms with Gasteiger partial charge in [-0.15, -0.1) is 0 Å². The molecule has 8 heteroatoms. The smallest absolute Gasteiger partial charge is 0.370 e. The minimum absolute atomic E-state index is 0.0518. The van der Waals surface area contributed by atoms with Gasteiger partial charge >= 0.3 is 6.18 Å². The third-order valence-corrected chi connectivity index (χ3v) is 2.16. The Balaban J connectivity index is 2.98. The molecule has 0 saturated heterocycles. The number of aromatic nitrogens is 2. The summed E-state index contributed by atoms with van der Waals surface area (Å²) in [5, 5.41) is 2.89. The summed E-state index contributed by atoms with van der Waals surface area (Å²) in [6, 6.07) is 1.45. The van der Waals surface area contributed by atoms with Gasteiger partial charge < -0.3 is 16.0 Å². The molecule has 0 spiro atoms. The predicted molar refractivity (Wildman–Crippen MR) is 64.6 cm³/mol. The molecule has 1 heterocycles. The van der Waals surface area contributed by atoms with Crippen LogP contribution in [0.5, 0.6) is 0 Å². The van der Waals surface area contributed by atoms with Crippen molar-refractivity contribution < 1.29 is 13.2 Å². The van der Waals surface area contributed by atoms with Crippen molar-refractivity contribution in [3.05, 3.63) is 6.07 Å². The van der Waals surface area contributed by atoms with Crippen molar-refractivity contribution in [3.63, 3.8) is 0 Å². The molecule has 0 aliphatic heterocycles. The highest BCUT2D eigenvalue weighted by Gasteiger charge is 2.31. The van der Waals surface area contributed by atoms with E-state index in [9.17, 15) is 13.2 Å². The molecule has 0 bridgehead atoms. The summed E-state index contributed by atoms with van der Waals surface area (Å²) in [7, 11) is 0. The Labute approximate surface area is 103 Å². The van der Waals surface area contributed by atoms with Gasteiger partial charge in [0.25, 0.3) is 0 Å². The number of rotatable bonds is 5. The van der Waals surface area contributed by atoms with Crippen LogP contribution in [-0.4, -0.2) is 35.8 Å². The first-order valence-electron chi connectivity index (χ1n) is 5.55. The maximum Gasteiger partial charge on any atom is 0.405 e. The van der Waals surface area contributed by atoms with Gasteiger partial charge in [0.15, 0.2) is 0 Å². The van der Waals surface area contributed by atoms with E-state index in [0.717, 1.165) is 4.90 Å². The normalized spacial score (nSPS) is 11.4. The SMILES string of the molecule is CCNc1cc(N(CC)CC(F)(F)F)nc(N)n1. The summed E-state index contributed by atoms with van der Waals surface area (Å²) < 4.78 is 37.2. The third kappa shape index (κ3) is 4.27. The van der Waals surface area contributed by atoms with E-state index in [1.165, 1.54) is 6.07 Å². The summed E-state index contributed by atoms with van der Waals surface area (Å²) in [5.74, 6) is 0.531. The molecule has 3 N–H and O–H groups in total. The Morgan fingerprint density at radius 3 is 2.50 bits per heavy atom. The molecule has 0 aromatic carbocycles. The number of hydrogen-bond acceptors (Lipinski definition) is 5. The van der Waals surface area contributed by atoms with E-state index in [4.69, 9.17) is 5.73 Å². The minimum atomic E-state index is -4.28.